The van der Waals surface area contributed by atoms with Gasteiger partial charge in [-0.05, 0) is 37.6 Å². The Balaban J connectivity index is 0.000000735. The second-order valence-corrected chi connectivity index (χ2v) is 5.81. The maximum atomic E-state index is 4.37. The normalized spacial score (nSPS) is 20.1. The van der Waals surface area contributed by atoms with Gasteiger partial charge in [-0.2, -0.15) is 0 Å². The van der Waals surface area contributed by atoms with Crippen molar-refractivity contribution in [3.05, 3.63) is 36.2 Å². The van der Waals surface area contributed by atoms with Crippen LogP contribution in [0.5, 0.6) is 0 Å². The molecule has 1 N–H and O–H groups in total. The first-order valence-electron chi connectivity index (χ1n) is 6.59. The van der Waals surface area contributed by atoms with Crippen LogP contribution in [0.1, 0.15) is 18.4 Å². The number of aromatic nitrogens is 2. The smallest absolute Gasteiger partial charge is 0.137 e. The molecular formula is C15H19Cl2N3. The Labute approximate surface area is 131 Å². The largest absolute Gasteiger partial charge is 0.346 e. The average Bonchev–Trinajstić information content (AvgIpc) is 2.95. The van der Waals surface area contributed by atoms with Crippen molar-refractivity contribution in [3.8, 4) is 0 Å². The number of nitrogens with one attached hydrogen (secondary N) is 1. The van der Waals surface area contributed by atoms with E-state index in [-0.39, 0.29) is 24.8 Å². The number of H-pyrrole nitrogens is 1. The third-order valence-corrected chi connectivity index (χ3v) is 4.19. The van der Waals surface area contributed by atoms with Crippen LogP contribution in [0.2, 0.25) is 0 Å². The van der Waals surface area contributed by atoms with E-state index in [1.165, 1.54) is 35.9 Å². The minimum atomic E-state index is 0. The van der Waals surface area contributed by atoms with E-state index in [4.69, 9.17) is 0 Å². The van der Waals surface area contributed by atoms with Gasteiger partial charge in [-0.15, -0.1) is 24.8 Å². The minimum Gasteiger partial charge on any atom is -0.346 e. The van der Waals surface area contributed by atoms with E-state index < -0.39 is 0 Å². The number of hydrogen-bond donors (Lipinski definition) is 1. The van der Waals surface area contributed by atoms with Crippen LogP contribution in [0.4, 0.5) is 0 Å². The fraction of sp³-hybridized carbons (Fsp3) is 0.400. The van der Waals surface area contributed by atoms with Crippen molar-refractivity contribution >= 4 is 41.4 Å². The Hall–Kier alpha value is -1.03. The molecule has 1 aliphatic heterocycles. The first-order valence-corrected chi connectivity index (χ1v) is 6.59. The minimum absolute atomic E-state index is 0. The third kappa shape index (κ3) is 2.46. The molecular weight excluding hydrogens is 293 g/mol. The van der Waals surface area contributed by atoms with Gasteiger partial charge in [0.05, 0.1) is 0 Å². The van der Waals surface area contributed by atoms with Gasteiger partial charge in [-0.3, -0.25) is 0 Å². The van der Waals surface area contributed by atoms with Crippen molar-refractivity contribution in [1.82, 2.24) is 14.9 Å². The van der Waals surface area contributed by atoms with Gasteiger partial charge in [0, 0.05) is 41.8 Å². The highest BCUT2D eigenvalue weighted by Crippen LogP contribution is 2.51. The fourth-order valence-electron chi connectivity index (χ4n) is 3.19. The molecule has 5 heteroatoms. The second-order valence-electron chi connectivity index (χ2n) is 5.81. The predicted molar refractivity (Wildman–Crippen MR) is 87.7 cm³/mol. The number of pyridine rings is 1. The molecule has 3 heterocycles. The van der Waals surface area contributed by atoms with E-state index in [1.807, 2.05) is 12.3 Å². The highest BCUT2D eigenvalue weighted by Gasteiger charge is 2.43. The zero-order valence-electron chi connectivity index (χ0n) is 11.4. The first kappa shape index (κ1) is 15.4. The third-order valence-electron chi connectivity index (χ3n) is 4.19. The molecule has 0 atom stereocenters. The SMILES string of the molecule is CN1CC(c2c[nH]c3ncccc23)=CC2(CC2)C1.Cl.Cl. The lowest BCUT2D eigenvalue weighted by atomic mass is 9.93. The summed E-state index contributed by atoms with van der Waals surface area (Å²) in [5.74, 6) is 0. The van der Waals surface area contributed by atoms with E-state index in [1.54, 1.807) is 0 Å². The Morgan fingerprint density at radius 2 is 2.10 bits per heavy atom. The summed E-state index contributed by atoms with van der Waals surface area (Å²) in [5.41, 5.74) is 4.26. The standard InChI is InChI=1S/C15H17N3.2ClH/c1-18-9-11(7-15(10-18)4-5-15)13-8-17-14-12(13)3-2-6-16-14;;/h2-3,6-8H,4-5,9-10H2,1H3,(H,16,17);2*1H. The van der Waals surface area contributed by atoms with Crippen LogP contribution in [0.3, 0.4) is 0 Å². The summed E-state index contributed by atoms with van der Waals surface area (Å²) in [4.78, 5) is 10.1. The van der Waals surface area contributed by atoms with E-state index in [0.717, 1.165) is 12.2 Å². The number of halogens is 2. The van der Waals surface area contributed by atoms with Crippen LogP contribution in [-0.2, 0) is 0 Å². The summed E-state index contributed by atoms with van der Waals surface area (Å²) < 4.78 is 0. The maximum absolute atomic E-state index is 4.37. The van der Waals surface area contributed by atoms with Gasteiger partial charge in [0.15, 0.2) is 0 Å². The Kier molecular flexibility index (Phi) is 4.14. The maximum Gasteiger partial charge on any atom is 0.137 e. The predicted octanol–water partition coefficient (Wildman–Crippen LogP) is 3.52. The van der Waals surface area contributed by atoms with Crippen LogP contribution in [0.25, 0.3) is 16.6 Å². The molecule has 1 aliphatic carbocycles. The Morgan fingerprint density at radius 3 is 2.85 bits per heavy atom. The lowest BCUT2D eigenvalue weighted by molar-refractivity contribution is 0.308. The quantitative estimate of drug-likeness (QED) is 0.874. The summed E-state index contributed by atoms with van der Waals surface area (Å²) in [6.07, 6.45) is 9.16. The van der Waals surface area contributed by atoms with E-state index in [9.17, 15) is 0 Å². The Bertz CT molecular complexity index is 643. The first-order chi connectivity index (χ1) is 8.76. The molecule has 1 saturated carbocycles. The fourth-order valence-corrected chi connectivity index (χ4v) is 3.19. The molecule has 0 saturated heterocycles. The van der Waals surface area contributed by atoms with E-state index >= 15 is 0 Å². The number of likely N-dealkylation sites (N-methyl/N-ethyl adjacent to an activating group) is 1. The molecule has 108 valence electrons. The molecule has 2 aromatic rings. The Morgan fingerprint density at radius 1 is 1.30 bits per heavy atom. The summed E-state index contributed by atoms with van der Waals surface area (Å²) in [5, 5.41) is 1.25. The molecule has 0 aromatic carbocycles. The number of fused-ring (bicyclic) bond motifs is 1. The number of rotatable bonds is 1. The van der Waals surface area contributed by atoms with E-state index in [2.05, 4.69) is 40.3 Å². The van der Waals surface area contributed by atoms with Gasteiger partial charge in [0.1, 0.15) is 5.65 Å². The highest BCUT2D eigenvalue weighted by molar-refractivity contribution is 5.91. The molecule has 1 fully saturated rings. The number of aromatic amines is 1. The van der Waals surface area contributed by atoms with Crippen LogP contribution < -0.4 is 0 Å². The molecule has 0 bridgehead atoms. The summed E-state index contributed by atoms with van der Waals surface area (Å²) >= 11 is 0. The topological polar surface area (TPSA) is 31.9 Å². The van der Waals surface area contributed by atoms with Gasteiger partial charge < -0.3 is 9.88 Å². The second kappa shape index (κ2) is 5.40. The molecule has 1 spiro atoms. The van der Waals surface area contributed by atoms with Crippen molar-refractivity contribution < 1.29 is 0 Å². The molecule has 2 aromatic heterocycles. The zero-order chi connectivity index (χ0) is 12.2. The number of hydrogen-bond acceptors (Lipinski definition) is 2. The molecule has 2 aliphatic rings. The van der Waals surface area contributed by atoms with Gasteiger partial charge in [0.25, 0.3) is 0 Å². The molecule has 4 rings (SSSR count). The van der Waals surface area contributed by atoms with Gasteiger partial charge >= 0.3 is 0 Å². The average molecular weight is 312 g/mol. The van der Waals surface area contributed by atoms with Crippen LogP contribution in [0, 0.1) is 5.41 Å². The van der Waals surface area contributed by atoms with Crippen molar-refractivity contribution in [1.29, 1.82) is 0 Å². The van der Waals surface area contributed by atoms with Gasteiger partial charge in [0.2, 0.25) is 0 Å². The zero-order valence-corrected chi connectivity index (χ0v) is 13.1. The molecule has 0 amide bonds. The van der Waals surface area contributed by atoms with Crippen LogP contribution >= 0.6 is 24.8 Å². The van der Waals surface area contributed by atoms with Crippen LogP contribution in [0.15, 0.2) is 30.6 Å². The summed E-state index contributed by atoms with van der Waals surface area (Å²) in [7, 11) is 2.22. The number of nitrogens with zero attached hydrogens (tertiary/aromatic N) is 2. The molecule has 0 unspecified atom stereocenters. The molecule has 20 heavy (non-hydrogen) atoms. The van der Waals surface area contributed by atoms with Crippen molar-refractivity contribution in [2.45, 2.75) is 12.8 Å². The lowest BCUT2D eigenvalue weighted by Gasteiger charge is -2.29. The monoisotopic (exact) mass is 311 g/mol. The van der Waals surface area contributed by atoms with Gasteiger partial charge in [-0.1, -0.05) is 6.08 Å². The van der Waals surface area contributed by atoms with Crippen molar-refractivity contribution in [2.75, 3.05) is 20.1 Å². The molecule has 3 nitrogen and oxygen atoms in total. The summed E-state index contributed by atoms with van der Waals surface area (Å²) in [6.45, 7) is 2.26. The highest BCUT2D eigenvalue weighted by atomic mass is 35.5. The molecule has 0 radical (unpaired) electrons. The van der Waals surface area contributed by atoms with E-state index in [0.29, 0.717) is 5.41 Å². The lowest BCUT2D eigenvalue weighted by Crippen LogP contribution is -2.31. The van der Waals surface area contributed by atoms with Gasteiger partial charge in [-0.25, -0.2) is 4.98 Å². The van der Waals surface area contributed by atoms with Crippen molar-refractivity contribution in [3.63, 3.8) is 0 Å². The summed E-state index contributed by atoms with van der Waals surface area (Å²) in [6, 6.07) is 4.17. The van der Waals surface area contributed by atoms with Crippen molar-refractivity contribution in [2.24, 2.45) is 5.41 Å². The van der Waals surface area contributed by atoms with Crippen LogP contribution in [-0.4, -0.2) is 35.0 Å².